The molecule has 0 atom stereocenters. The van der Waals surface area contributed by atoms with Gasteiger partial charge in [-0.3, -0.25) is 4.79 Å². The molecule has 5 heteroatoms. The molecule has 0 fully saturated rings. The first-order valence-corrected chi connectivity index (χ1v) is 5.73. The van der Waals surface area contributed by atoms with E-state index >= 15 is 0 Å². The number of hydrogen-bond donors (Lipinski definition) is 0. The Bertz CT molecular complexity index is 237. The predicted molar refractivity (Wildman–Crippen MR) is 62.5 cm³/mol. The Kier molecular flexibility index (Phi) is 10.2. The monoisotopic (exact) mass is 244 g/mol. The highest BCUT2D eigenvalue weighted by atomic mass is 16.6. The summed E-state index contributed by atoms with van der Waals surface area (Å²) in [6, 6.07) is 0. The van der Waals surface area contributed by atoms with Crippen molar-refractivity contribution in [1.82, 2.24) is 0 Å². The Balaban J connectivity index is 3.20. The Morgan fingerprint density at radius 3 is 2.35 bits per heavy atom. The predicted octanol–water partition coefficient (Wildman–Crippen LogP) is 1.47. The Morgan fingerprint density at radius 2 is 1.76 bits per heavy atom. The highest BCUT2D eigenvalue weighted by molar-refractivity contribution is 5.81. The van der Waals surface area contributed by atoms with Crippen LogP contribution in [0.3, 0.4) is 0 Å². The van der Waals surface area contributed by atoms with Gasteiger partial charge in [0, 0.05) is 12.5 Å². The van der Waals surface area contributed by atoms with Crippen LogP contribution in [-0.2, 0) is 23.8 Å². The lowest BCUT2D eigenvalue weighted by atomic mass is 10.2. The number of hydrogen-bond acceptors (Lipinski definition) is 5. The first-order chi connectivity index (χ1) is 8.20. The van der Waals surface area contributed by atoms with Gasteiger partial charge < -0.3 is 14.2 Å². The summed E-state index contributed by atoms with van der Waals surface area (Å²) in [4.78, 5) is 21.7. The lowest BCUT2D eigenvalue weighted by Gasteiger charge is -2.06. The maximum Gasteiger partial charge on any atom is 0.330 e. The van der Waals surface area contributed by atoms with Gasteiger partial charge >= 0.3 is 11.9 Å². The fourth-order valence-electron chi connectivity index (χ4n) is 0.970. The van der Waals surface area contributed by atoms with Gasteiger partial charge in [-0.15, -0.1) is 0 Å². The van der Waals surface area contributed by atoms with Crippen molar-refractivity contribution in [1.29, 1.82) is 0 Å². The second-order valence-corrected chi connectivity index (χ2v) is 3.31. The minimum Gasteiger partial charge on any atom is -0.463 e. The van der Waals surface area contributed by atoms with Crippen molar-refractivity contribution < 1.29 is 23.8 Å². The number of carbonyl (C=O) groups excluding carboxylic acids is 2. The Labute approximate surface area is 102 Å². The smallest absolute Gasteiger partial charge is 0.330 e. The van der Waals surface area contributed by atoms with Crippen LogP contribution in [0.4, 0.5) is 0 Å². The normalized spacial score (nSPS) is 9.71. The van der Waals surface area contributed by atoms with Crippen LogP contribution in [0.1, 0.15) is 26.2 Å². The zero-order chi connectivity index (χ0) is 12.9. The van der Waals surface area contributed by atoms with E-state index in [-0.39, 0.29) is 25.8 Å². The van der Waals surface area contributed by atoms with E-state index < -0.39 is 5.97 Å². The van der Waals surface area contributed by atoms with Gasteiger partial charge in [0.25, 0.3) is 0 Å². The number of carbonyl (C=O) groups is 2. The van der Waals surface area contributed by atoms with E-state index in [1.165, 1.54) is 0 Å². The molecular weight excluding hydrogens is 224 g/mol. The molecule has 0 aliphatic heterocycles. The molecule has 0 bridgehead atoms. The SMILES string of the molecule is C=CC(=O)OCCOCCOC(=O)CCCC. The number of esters is 2. The first kappa shape index (κ1) is 15.6. The summed E-state index contributed by atoms with van der Waals surface area (Å²) in [7, 11) is 0. The van der Waals surface area contributed by atoms with Crippen molar-refractivity contribution >= 4 is 11.9 Å². The summed E-state index contributed by atoms with van der Waals surface area (Å²) in [6.45, 7) is 6.28. The van der Waals surface area contributed by atoms with E-state index in [9.17, 15) is 9.59 Å². The number of rotatable bonds is 10. The molecule has 5 nitrogen and oxygen atoms in total. The largest absolute Gasteiger partial charge is 0.463 e. The molecule has 0 aliphatic carbocycles. The van der Waals surface area contributed by atoms with E-state index in [2.05, 4.69) is 11.3 Å². The number of ether oxygens (including phenoxy) is 3. The fourth-order valence-corrected chi connectivity index (χ4v) is 0.970. The molecule has 98 valence electrons. The van der Waals surface area contributed by atoms with Crippen LogP contribution in [0.15, 0.2) is 12.7 Å². The van der Waals surface area contributed by atoms with E-state index in [0.717, 1.165) is 18.9 Å². The fraction of sp³-hybridized carbons (Fsp3) is 0.667. The van der Waals surface area contributed by atoms with Crippen molar-refractivity contribution in [3.8, 4) is 0 Å². The third kappa shape index (κ3) is 10.9. The molecule has 0 aliphatic rings. The van der Waals surface area contributed by atoms with Crippen LogP contribution in [0, 0.1) is 0 Å². The highest BCUT2D eigenvalue weighted by Gasteiger charge is 2.01. The van der Waals surface area contributed by atoms with Crippen molar-refractivity contribution in [2.24, 2.45) is 0 Å². The van der Waals surface area contributed by atoms with Crippen LogP contribution >= 0.6 is 0 Å². The molecule has 0 aromatic carbocycles. The molecule has 0 unspecified atom stereocenters. The van der Waals surface area contributed by atoms with Gasteiger partial charge in [-0.2, -0.15) is 0 Å². The standard InChI is InChI=1S/C12H20O5/c1-3-5-6-12(14)17-10-8-15-7-9-16-11(13)4-2/h4H,2-3,5-10H2,1H3. The molecule has 0 radical (unpaired) electrons. The molecule has 0 saturated heterocycles. The van der Waals surface area contributed by atoms with Crippen LogP contribution in [0.5, 0.6) is 0 Å². The lowest BCUT2D eigenvalue weighted by molar-refractivity contribution is -0.145. The van der Waals surface area contributed by atoms with Crippen LogP contribution < -0.4 is 0 Å². The maximum atomic E-state index is 11.1. The maximum absolute atomic E-state index is 11.1. The minimum absolute atomic E-state index is 0.175. The van der Waals surface area contributed by atoms with E-state index in [4.69, 9.17) is 9.47 Å². The molecule has 0 rings (SSSR count). The Hall–Kier alpha value is -1.36. The molecular formula is C12H20O5. The summed E-state index contributed by atoms with van der Waals surface area (Å²) in [5.74, 6) is -0.673. The minimum atomic E-state index is -0.473. The third-order valence-corrected chi connectivity index (χ3v) is 1.86. The van der Waals surface area contributed by atoms with Gasteiger partial charge in [-0.25, -0.2) is 4.79 Å². The second-order valence-electron chi connectivity index (χ2n) is 3.31. The molecule has 0 aromatic heterocycles. The molecule has 0 amide bonds. The average Bonchev–Trinajstić information content (AvgIpc) is 2.34. The summed E-state index contributed by atoms with van der Waals surface area (Å²) < 4.78 is 14.7. The molecule has 0 heterocycles. The van der Waals surface area contributed by atoms with E-state index in [0.29, 0.717) is 13.0 Å². The van der Waals surface area contributed by atoms with Gasteiger partial charge in [0.1, 0.15) is 13.2 Å². The summed E-state index contributed by atoms with van der Waals surface area (Å²) in [5, 5.41) is 0. The van der Waals surface area contributed by atoms with Gasteiger partial charge in [0.2, 0.25) is 0 Å². The zero-order valence-electron chi connectivity index (χ0n) is 10.3. The summed E-state index contributed by atoms with van der Waals surface area (Å²) >= 11 is 0. The first-order valence-electron chi connectivity index (χ1n) is 5.73. The van der Waals surface area contributed by atoms with Crippen LogP contribution in [-0.4, -0.2) is 38.4 Å². The summed E-state index contributed by atoms with van der Waals surface area (Å²) in [6.07, 6.45) is 3.36. The lowest BCUT2D eigenvalue weighted by Crippen LogP contribution is -2.13. The molecule has 0 N–H and O–H groups in total. The van der Waals surface area contributed by atoms with Crippen LogP contribution in [0.2, 0.25) is 0 Å². The molecule has 0 aromatic rings. The number of unbranched alkanes of at least 4 members (excludes halogenated alkanes) is 1. The average molecular weight is 244 g/mol. The zero-order valence-corrected chi connectivity index (χ0v) is 10.3. The topological polar surface area (TPSA) is 61.8 Å². The van der Waals surface area contributed by atoms with Crippen molar-refractivity contribution in [2.45, 2.75) is 26.2 Å². The molecule has 0 spiro atoms. The van der Waals surface area contributed by atoms with Crippen molar-refractivity contribution in [2.75, 3.05) is 26.4 Å². The van der Waals surface area contributed by atoms with Gasteiger partial charge in [0.05, 0.1) is 13.2 Å². The van der Waals surface area contributed by atoms with E-state index in [1.807, 2.05) is 6.92 Å². The van der Waals surface area contributed by atoms with Gasteiger partial charge in [-0.1, -0.05) is 19.9 Å². The van der Waals surface area contributed by atoms with Gasteiger partial charge in [0.15, 0.2) is 0 Å². The molecule has 17 heavy (non-hydrogen) atoms. The van der Waals surface area contributed by atoms with Crippen LogP contribution in [0.25, 0.3) is 0 Å². The Morgan fingerprint density at radius 1 is 1.12 bits per heavy atom. The summed E-state index contributed by atoms with van der Waals surface area (Å²) in [5.41, 5.74) is 0. The molecule has 0 saturated carbocycles. The third-order valence-electron chi connectivity index (χ3n) is 1.86. The van der Waals surface area contributed by atoms with Crippen molar-refractivity contribution in [3.05, 3.63) is 12.7 Å². The van der Waals surface area contributed by atoms with Gasteiger partial charge in [-0.05, 0) is 6.42 Å². The highest BCUT2D eigenvalue weighted by Crippen LogP contribution is 1.96. The second kappa shape index (κ2) is 11.1. The quantitative estimate of drug-likeness (QED) is 0.331. The van der Waals surface area contributed by atoms with E-state index in [1.54, 1.807) is 0 Å². The van der Waals surface area contributed by atoms with Crippen molar-refractivity contribution in [3.63, 3.8) is 0 Å².